The van der Waals surface area contributed by atoms with E-state index in [0.29, 0.717) is 18.1 Å². The van der Waals surface area contributed by atoms with E-state index >= 15 is 0 Å². The molecule has 1 aromatic rings. The third-order valence-electron chi connectivity index (χ3n) is 3.21. The Labute approximate surface area is 97.6 Å². The second-order valence-electron chi connectivity index (χ2n) is 5.08. The van der Waals surface area contributed by atoms with Gasteiger partial charge in [0.25, 0.3) is 0 Å². The lowest BCUT2D eigenvalue weighted by Gasteiger charge is -2.38. The number of nitrogens with one attached hydrogen (secondary N) is 1. The first-order valence-electron chi connectivity index (χ1n) is 6.12. The van der Waals surface area contributed by atoms with Crippen LogP contribution < -0.4 is 10.2 Å². The van der Waals surface area contributed by atoms with Crippen molar-refractivity contribution in [2.24, 2.45) is 0 Å². The second-order valence-corrected chi connectivity index (χ2v) is 5.08. The molecule has 2 rings (SSSR count). The van der Waals surface area contributed by atoms with Gasteiger partial charge in [-0.3, -0.25) is 4.68 Å². The molecule has 1 aliphatic heterocycles. The number of nitrogens with zero attached hydrogens (tertiary/aromatic N) is 3. The molecule has 90 valence electrons. The summed E-state index contributed by atoms with van der Waals surface area (Å²) in [7, 11) is 0. The van der Waals surface area contributed by atoms with Gasteiger partial charge >= 0.3 is 0 Å². The fraction of sp³-hybridized carbons (Fsp3) is 0.750. The maximum absolute atomic E-state index is 4.40. The first-order chi connectivity index (χ1) is 7.58. The van der Waals surface area contributed by atoms with Crippen molar-refractivity contribution in [3.63, 3.8) is 0 Å². The average molecular weight is 222 g/mol. The zero-order valence-corrected chi connectivity index (χ0v) is 10.6. The highest BCUT2D eigenvalue weighted by Crippen LogP contribution is 2.20. The van der Waals surface area contributed by atoms with Crippen molar-refractivity contribution < 1.29 is 0 Å². The summed E-state index contributed by atoms with van der Waals surface area (Å²) in [6, 6.07) is 1.53. The van der Waals surface area contributed by atoms with Crippen LogP contribution in [0, 0.1) is 0 Å². The van der Waals surface area contributed by atoms with Gasteiger partial charge in [-0.1, -0.05) is 0 Å². The van der Waals surface area contributed by atoms with Gasteiger partial charge in [0, 0.05) is 37.4 Å². The predicted octanol–water partition coefficient (Wildman–Crippen LogP) is 1.65. The third kappa shape index (κ3) is 2.21. The van der Waals surface area contributed by atoms with Crippen LogP contribution in [0.4, 0.5) is 5.69 Å². The molecular formula is C12H22N4. The quantitative estimate of drug-likeness (QED) is 0.826. The molecule has 0 aromatic carbocycles. The molecule has 1 aliphatic rings. The number of hydrogen-bond acceptors (Lipinski definition) is 3. The van der Waals surface area contributed by atoms with Gasteiger partial charge in [-0.15, -0.1) is 0 Å². The minimum absolute atomic E-state index is 0.435. The van der Waals surface area contributed by atoms with E-state index in [1.807, 2.05) is 10.9 Å². The highest BCUT2D eigenvalue weighted by Gasteiger charge is 2.23. The third-order valence-corrected chi connectivity index (χ3v) is 3.21. The Hall–Kier alpha value is -1.03. The molecule has 0 amide bonds. The Balaban J connectivity index is 2.15. The largest absolute Gasteiger partial charge is 0.363 e. The smallest absolute Gasteiger partial charge is 0.0756 e. The maximum atomic E-state index is 4.40. The number of hydrogen-bond donors (Lipinski definition) is 1. The highest BCUT2D eigenvalue weighted by atomic mass is 15.3. The minimum Gasteiger partial charge on any atom is -0.363 e. The monoisotopic (exact) mass is 222 g/mol. The van der Waals surface area contributed by atoms with E-state index in [9.17, 15) is 0 Å². The Kier molecular flexibility index (Phi) is 3.19. The Morgan fingerprint density at radius 2 is 2.19 bits per heavy atom. The maximum Gasteiger partial charge on any atom is 0.0756 e. The number of aromatic nitrogens is 2. The molecule has 1 aromatic heterocycles. The molecule has 2 heterocycles. The molecule has 1 N–H and O–H groups in total. The van der Waals surface area contributed by atoms with Crippen LogP contribution in [0.1, 0.15) is 33.7 Å². The topological polar surface area (TPSA) is 33.1 Å². The van der Waals surface area contributed by atoms with E-state index in [1.165, 1.54) is 5.69 Å². The van der Waals surface area contributed by atoms with E-state index in [2.05, 4.69) is 49.2 Å². The molecule has 0 spiro atoms. The molecule has 2 atom stereocenters. The number of anilines is 1. The van der Waals surface area contributed by atoms with Gasteiger partial charge in [-0.2, -0.15) is 5.10 Å². The van der Waals surface area contributed by atoms with Gasteiger partial charge in [0.15, 0.2) is 0 Å². The molecule has 2 unspecified atom stereocenters. The van der Waals surface area contributed by atoms with Crippen LogP contribution in [-0.4, -0.2) is 35.0 Å². The molecule has 4 heteroatoms. The second kappa shape index (κ2) is 4.45. The van der Waals surface area contributed by atoms with E-state index in [4.69, 9.17) is 0 Å². The van der Waals surface area contributed by atoms with Crippen LogP contribution in [0.25, 0.3) is 0 Å². The van der Waals surface area contributed by atoms with Crippen LogP contribution >= 0.6 is 0 Å². The van der Waals surface area contributed by atoms with Crippen molar-refractivity contribution >= 4 is 5.69 Å². The lowest BCUT2D eigenvalue weighted by atomic mass is 10.1. The predicted molar refractivity (Wildman–Crippen MR) is 66.9 cm³/mol. The summed E-state index contributed by atoms with van der Waals surface area (Å²) >= 11 is 0. The molecule has 0 saturated carbocycles. The van der Waals surface area contributed by atoms with E-state index in [0.717, 1.165) is 13.1 Å². The van der Waals surface area contributed by atoms with Crippen LogP contribution in [0.3, 0.4) is 0 Å². The number of rotatable bonds is 2. The molecule has 0 aliphatic carbocycles. The van der Waals surface area contributed by atoms with Gasteiger partial charge in [0.2, 0.25) is 0 Å². The Bertz CT molecular complexity index is 345. The molecule has 0 bridgehead atoms. The van der Waals surface area contributed by atoms with Crippen molar-refractivity contribution in [3.8, 4) is 0 Å². The Morgan fingerprint density at radius 3 is 2.81 bits per heavy atom. The van der Waals surface area contributed by atoms with Crippen LogP contribution in [0.2, 0.25) is 0 Å². The SMILES string of the molecule is CC1CN(c2cnn(C(C)C)c2)C(C)CN1. The average Bonchev–Trinajstić information content (AvgIpc) is 2.70. The molecule has 1 fully saturated rings. The normalized spacial score (nSPS) is 26.4. The highest BCUT2D eigenvalue weighted by molar-refractivity contribution is 5.44. The van der Waals surface area contributed by atoms with Gasteiger partial charge in [-0.25, -0.2) is 0 Å². The van der Waals surface area contributed by atoms with Gasteiger partial charge in [0.1, 0.15) is 0 Å². The Morgan fingerprint density at radius 1 is 1.44 bits per heavy atom. The van der Waals surface area contributed by atoms with Crippen LogP contribution in [-0.2, 0) is 0 Å². The summed E-state index contributed by atoms with van der Waals surface area (Å²) in [5.74, 6) is 0. The molecule has 1 saturated heterocycles. The summed E-state index contributed by atoms with van der Waals surface area (Å²) < 4.78 is 2.02. The van der Waals surface area contributed by atoms with Crippen molar-refractivity contribution in [2.75, 3.05) is 18.0 Å². The van der Waals surface area contributed by atoms with Crippen molar-refractivity contribution in [1.29, 1.82) is 0 Å². The van der Waals surface area contributed by atoms with Crippen molar-refractivity contribution in [1.82, 2.24) is 15.1 Å². The fourth-order valence-corrected chi connectivity index (χ4v) is 2.14. The molecule has 16 heavy (non-hydrogen) atoms. The summed E-state index contributed by atoms with van der Waals surface area (Å²) in [6.45, 7) is 10.9. The summed E-state index contributed by atoms with van der Waals surface area (Å²) in [5, 5.41) is 7.90. The first-order valence-corrected chi connectivity index (χ1v) is 6.12. The van der Waals surface area contributed by atoms with Crippen molar-refractivity contribution in [2.45, 2.75) is 45.8 Å². The lowest BCUT2D eigenvalue weighted by molar-refractivity contribution is 0.425. The van der Waals surface area contributed by atoms with Crippen molar-refractivity contribution in [3.05, 3.63) is 12.4 Å². The van der Waals surface area contributed by atoms with Gasteiger partial charge in [-0.05, 0) is 27.7 Å². The minimum atomic E-state index is 0.435. The zero-order valence-electron chi connectivity index (χ0n) is 10.6. The molecular weight excluding hydrogens is 200 g/mol. The van der Waals surface area contributed by atoms with Gasteiger partial charge in [0.05, 0.1) is 11.9 Å². The lowest BCUT2D eigenvalue weighted by Crippen LogP contribution is -2.54. The zero-order chi connectivity index (χ0) is 11.7. The first kappa shape index (κ1) is 11.5. The van der Waals surface area contributed by atoms with Gasteiger partial charge < -0.3 is 10.2 Å². The molecule has 4 nitrogen and oxygen atoms in total. The van der Waals surface area contributed by atoms with E-state index in [1.54, 1.807) is 0 Å². The van der Waals surface area contributed by atoms with Crippen LogP contribution in [0.5, 0.6) is 0 Å². The number of piperazine rings is 1. The summed E-state index contributed by atoms with van der Waals surface area (Å²) in [6.07, 6.45) is 4.13. The summed E-state index contributed by atoms with van der Waals surface area (Å²) in [5.41, 5.74) is 1.24. The van der Waals surface area contributed by atoms with E-state index < -0.39 is 0 Å². The molecule has 0 radical (unpaired) electrons. The standard InChI is InChI=1S/C12H22N4/c1-9(2)16-8-12(6-14-16)15-7-10(3)13-5-11(15)4/h6,8-11,13H,5,7H2,1-4H3. The summed E-state index contributed by atoms with van der Waals surface area (Å²) in [4.78, 5) is 2.44. The van der Waals surface area contributed by atoms with Crippen LogP contribution in [0.15, 0.2) is 12.4 Å². The van der Waals surface area contributed by atoms with E-state index in [-0.39, 0.29) is 0 Å². The fourth-order valence-electron chi connectivity index (χ4n) is 2.14.